The zero-order valence-electron chi connectivity index (χ0n) is 10.5. The van der Waals surface area contributed by atoms with Crippen molar-refractivity contribution in [2.75, 3.05) is 40.4 Å². The first kappa shape index (κ1) is 14.3. The molecule has 1 rings (SSSR count). The first-order chi connectivity index (χ1) is 7.99. The number of ether oxygens (including phenoxy) is 1. The molecular weight excluding hydrogens is 238 g/mol. The zero-order valence-corrected chi connectivity index (χ0v) is 11.3. The molecule has 3 N–H and O–H groups in total. The van der Waals surface area contributed by atoms with Crippen molar-refractivity contribution in [1.82, 2.24) is 10.2 Å². The molecule has 1 fully saturated rings. The van der Waals surface area contributed by atoms with Crippen molar-refractivity contribution in [1.29, 1.82) is 0 Å². The Morgan fingerprint density at radius 1 is 1.47 bits per heavy atom. The summed E-state index contributed by atoms with van der Waals surface area (Å²) >= 11 is 5.06. The molecule has 0 saturated carbocycles. The first-order valence-electron chi connectivity index (χ1n) is 5.80. The molecule has 0 aromatic carbocycles. The second-order valence-electron chi connectivity index (χ2n) is 4.62. The van der Waals surface area contributed by atoms with Crippen LogP contribution in [0.2, 0.25) is 0 Å². The molecule has 1 aliphatic heterocycles. The van der Waals surface area contributed by atoms with Crippen LogP contribution in [0.25, 0.3) is 0 Å². The van der Waals surface area contributed by atoms with Crippen molar-refractivity contribution < 1.29 is 9.53 Å². The van der Waals surface area contributed by atoms with Gasteiger partial charge in [0.15, 0.2) is 0 Å². The van der Waals surface area contributed by atoms with Crippen LogP contribution in [0.4, 0.5) is 0 Å². The number of carbonyl (C=O) groups is 1. The van der Waals surface area contributed by atoms with Crippen LogP contribution >= 0.6 is 12.2 Å². The Bertz CT molecular complexity index is 288. The summed E-state index contributed by atoms with van der Waals surface area (Å²) in [6.45, 7) is 2.49. The smallest absolute Gasteiger partial charge is 0.233 e. The van der Waals surface area contributed by atoms with Crippen molar-refractivity contribution in [3.8, 4) is 0 Å². The highest BCUT2D eigenvalue weighted by atomic mass is 32.1. The van der Waals surface area contributed by atoms with Crippen LogP contribution in [0.3, 0.4) is 0 Å². The van der Waals surface area contributed by atoms with Gasteiger partial charge in [-0.3, -0.25) is 4.79 Å². The maximum absolute atomic E-state index is 12.2. The topological polar surface area (TPSA) is 67.6 Å². The Hall–Kier alpha value is -0.720. The predicted molar refractivity (Wildman–Crippen MR) is 70.8 cm³/mol. The quantitative estimate of drug-likeness (QED) is 0.666. The van der Waals surface area contributed by atoms with Crippen LogP contribution in [0.1, 0.15) is 12.8 Å². The fourth-order valence-corrected chi connectivity index (χ4v) is 2.16. The summed E-state index contributed by atoms with van der Waals surface area (Å²) in [7, 11) is 3.92. The second kappa shape index (κ2) is 6.28. The van der Waals surface area contributed by atoms with Gasteiger partial charge in [0, 0.05) is 26.3 Å². The fraction of sp³-hybridized carbons (Fsp3) is 0.818. The Kier molecular flexibility index (Phi) is 5.30. The minimum Gasteiger partial charge on any atom is -0.392 e. The molecule has 0 aromatic rings. The molecule has 1 aliphatic rings. The SMILES string of the molecule is CN(C)CCNC(=O)C1(C(N)=S)CCOCC1. The van der Waals surface area contributed by atoms with Crippen molar-refractivity contribution in [2.45, 2.75) is 12.8 Å². The van der Waals surface area contributed by atoms with Gasteiger partial charge in [0.2, 0.25) is 5.91 Å². The highest BCUT2D eigenvalue weighted by Gasteiger charge is 2.42. The van der Waals surface area contributed by atoms with E-state index in [1.165, 1.54) is 0 Å². The van der Waals surface area contributed by atoms with Gasteiger partial charge in [-0.2, -0.15) is 0 Å². The number of nitrogens with two attached hydrogens (primary N) is 1. The highest BCUT2D eigenvalue weighted by molar-refractivity contribution is 7.80. The van der Waals surface area contributed by atoms with Gasteiger partial charge in [-0.15, -0.1) is 0 Å². The predicted octanol–water partition coefficient (Wildman–Crippen LogP) is -0.253. The van der Waals surface area contributed by atoms with Crippen molar-refractivity contribution in [3.63, 3.8) is 0 Å². The van der Waals surface area contributed by atoms with E-state index >= 15 is 0 Å². The van der Waals surface area contributed by atoms with Gasteiger partial charge in [0.1, 0.15) is 5.41 Å². The van der Waals surface area contributed by atoms with Gasteiger partial charge in [-0.25, -0.2) is 0 Å². The molecule has 1 saturated heterocycles. The number of amides is 1. The molecule has 0 aliphatic carbocycles. The number of nitrogens with zero attached hydrogens (tertiary/aromatic N) is 1. The van der Waals surface area contributed by atoms with Crippen molar-refractivity contribution >= 4 is 23.1 Å². The van der Waals surface area contributed by atoms with Crippen LogP contribution in [-0.2, 0) is 9.53 Å². The van der Waals surface area contributed by atoms with E-state index in [4.69, 9.17) is 22.7 Å². The molecule has 0 unspecified atom stereocenters. The van der Waals surface area contributed by atoms with E-state index in [9.17, 15) is 4.79 Å². The van der Waals surface area contributed by atoms with Crippen LogP contribution in [0.5, 0.6) is 0 Å². The lowest BCUT2D eigenvalue weighted by Crippen LogP contribution is -2.52. The summed E-state index contributed by atoms with van der Waals surface area (Å²) < 4.78 is 5.26. The summed E-state index contributed by atoms with van der Waals surface area (Å²) in [5, 5.41) is 2.90. The summed E-state index contributed by atoms with van der Waals surface area (Å²) in [5.41, 5.74) is 5.03. The van der Waals surface area contributed by atoms with Gasteiger partial charge >= 0.3 is 0 Å². The van der Waals surface area contributed by atoms with Crippen LogP contribution in [0.15, 0.2) is 0 Å². The Morgan fingerprint density at radius 3 is 2.53 bits per heavy atom. The van der Waals surface area contributed by atoms with Gasteiger partial charge in [0.25, 0.3) is 0 Å². The number of nitrogens with one attached hydrogen (secondary N) is 1. The van der Waals surface area contributed by atoms with Crippen LogP contribution < -0.4 is 11.1 Å². The minimum absolute atomic E-state index is 0.0600. The Labute approximate surface area is 108 Å². The Balaban J connectivity index is 2.58. The van der Waals surface area contributed by atoms with E-state index in [0.29, 0.717) is 32.6 Å². The number of carbonyl (C=O) groups excluding carboxylic acids is 1. The van der Waals surface area contributed by atoms with Gasteiger partial charge in [0.05, 0.1) is 4.99 Å². The third-order valence-corrected chi connectivity index (χ3v) is 3.49. The van der Waals surface area contributed by atoms with E-state index < -0.39 is 5.41 Å². The summed E-state index contributed by atoms with van der Waals surface area (Å²) in [4.78, 5) is 14.5. The number of thiocarbonyl (C=S) groups is 1. The van der Waals surface area contributed by atoms with E-state index in [1.54, 1.807) is 0 Å². The molecule has 0 aromatic heterocycles. The van der Waals surface area contributed by atoms with Gasteiger partial charge < -0.3 is 20.7 Å². The van der Waals surface area contributed by atoms with E-state index in [0.717, 1.165) is 6.54 Å². The Morgan fingerprint density at radius 2 is 2.06 bits per heavy atom. The average Bonchev–Trinajstić information content (AvgIpc) is 2.29. The monoisotopic (exact) mass is 259 g/mol. The standard InChI is InChI=1S/C11H21N3O2S/c1-14(2)6-5-13-10(15)11(9(12)17)3-7-16-8-4-11/h3-8H2,1-2H3,(H2,12,17)(H,13,15). The molecule has 1 amide bonds. The third kappa shape index (κ3) is 3.62. The maximum Gasteiger partial charge on any atom is 0.233 e. The third-order valence-electron chi connectivity index (χ3n) is 3.10. The maximum atomic E-state index is 12.2. The first-order valence-corrected chi connectivity index (χ1v) is 6.20. The minimum atomic E-state index is -0.708. The lowest BCUT2D eigenvalue weighted by molar-refractivity contribution is -0.131. The van der Waals surface area contributed by atoms with E-state index in [2.05, 4.69) is 5.32 Å². The lowest BCUT2D eigenvalue weighted by atomic mass is 9.79. The average molecular weight is 259 g/mol. The normalized spacial score (nSPS) is 19.0. The number of hydrogen-bond acceptors (Lipinski definition) is 4. The molecule has 0 atom stereocenters. The second-order valence-corrected chi connectivity index (χ2v) is 5.06. The van der Waals surface area contributed by atoms with E-state index in [-0.39, 0.29) is 10.9 Å². The molecule has 98 valence electrons. The molecule has 0 spiro atoms. The van der Waals surface area contributed by atoms with Crippen LogP contribution in [0, 0.1) is 5.41 Å². The highest BCUT2D eigenvalue weighted by Crippen LogP contribution is 2.31. The summed E-state index contributed by atoms with van der Waals surface area (Å²) in [6, 6.07) is 0. The molecule has 0 bridgehead atoms. The molecule has 6 heteroatoms. The molecule has 17 heavy (non-hydrogen) atoms. The molecule has 0 radical (unpaired) electrons. The number of likely N-dealkylation sites (N-methyl/N-ethyl adjacent to an activating group) is 1. The van der Waals surface area contributed by atoms with Crippen molar-refractivity contribution in [2.24, 2.45) is 11.1 Å². The summed E-state index contributed by atoms with van der Waals surface area (Å²) in [6.07, 6.45) is 1.16. The number of hydrogen-bond donors (Lipinski definition) is 2. The van der Waals surface area contributed by atoms with Crippen LogP contribution in [-0.4, -0.2) is 56.2 Å². The number of rotatable bonds is 5. The molecule has 5 nitrogen and oxygen atoms in total. The van der Waals surface area contributed by atoms with Gasteiger partial charge in [-0.05, 0) is 26.9 Å². The summed E-state index contributed by atoms with van der Waals surface area (Å²) in [5.74, 6) is -0.0600. The zero-order chi connectivity index (χ0) is 12.9. The lowest BCUT2D eigenvalue weighted by Gasteiger charge is -2.34. The van der Waals surface area contributed by atoms with Crippen molar-refractivity contribution in [3.05, 3.63) is 0 Å². The van der Waals surface area contributed by atoms with Gasteiger partial charge in [-0.1, -0.05) is 12.2 Å². The molecule has 1 heterocycles. The fourth-order valence-electron chi connectivity index (χ4n) is 1.87. The largest absolute Gasteiger partial charge is 0.392 e. The molecular formula is C11H21N3O2S. The van der Waals surface area contributed by atoms with E-state index in [1.807, 2.05) is 19.0 Å².